The van der Waals surface area contributed by atoms with Gasteiger partial charge in [0.2, 0.25) is 0 Å². The van der Waals surface area contributed by atoms with Gasteiger partial charge in [0, 0.05) is 10.1 Å². The van der Waals surface area contributed by atoms with E-state index < -0.39 is 0 Å². The van der Waals surface area contributed by atoms with Gasteiger partial charge in [-0.1, -0.05) is 112 Å². The van der Waals surface area contributed by atoms with Crippen LogP contribution in [0.5, 0.6) is 0 Å². The normalized spacial score (nSPS) is 14.0. The van der Waals surface area contributed by atoms with Crippen molar-refractivity contribution in [1.29, 1.82) is 0 Å². The zero-order chi connectivity index (χ0) is 37.3. The summed E-state index contributed by atoms with van der Waals surface area (Å²) in [5.41, 5.74) is 10.6. The van der Waals surface area contributed by atoms with E-state index >= 15 is 0 Å². The summed E-state index contributed by atoms with van der Waals surface area (Å²) in [4.78, 5) is 13.5. The zero-order valence-electron chi connectivity index (χ0n) is 33.1. The van der Waals surface area contributed by atoms with Crippen LogP contribution >= 0.6 is 11.8 Å². The van der Waals surface area contributed by atoms with Gasteiger partial charge in [-0.3, -0.25) is 0 Å². The average Bonchev–Trinajstić information content (AvgIpc) is 3.09. The van der Waals surface area contributed by atoms with E-state index in [9.17, 15) is 4.79 Å². The van der Waals surface area contributed by atoms with Crippen molar-refractivity contribution in [3.8, 4) is 0 Å². The molecule has 0 fully saturated rings. The van der Waals surface area contributed by atoms with Gasteiger partial charge < -0.3 is 4.74 Å². The minimum absolute atomic E-state index is 0.274. The number of carbonyl (C=O) groups excluding carboxylic acids is 1. The first-order valence-electron chi connectivity index (χ1n) is 19.0. The molecule has 0 aliphatic rings. The van der Waals surface area contributed by atoms with Crippen molar-refractivity contribution in [2.75, 3.05) is 6.61 Å². The average molecular weight is 707 g/mol. The molecule has 0 aliphatic heterocycles. The lowest BCUT2D eigenvalue weighted by molar-refractivity contribution is 0.0549. The van der Waals surface area contributed by atoms with E-state index in [1.54, 1.807) is 12.1 Å². The number of thioether (sulfide) groups is 1. The number of benzene rings is 2. The van der Waals surface area contributed by atoms with Crippen LogP contribution in [0.25, 0.3) is 0 Å². The Hall–Kier alpha value is -3.56. The molecule has 0 N–H and O–H groups in total. The predicted octanol–water partition coefficient (Wildman–Crippen LogP) is 14.9. The Balaban J connectivity index is 1.82. The second-order valence-electron chi connectivity index (χ2n) is 14.4. The second-order valence-corrected chi connectivity index (χ2v) is 15.7. The fourth-order valence-electron chi connectivity index (χ4n) is 5.71. The quantitative estimate of drug-likeness (QED) is 0.0654. The molecule has 0 aliphatic carbocycles. The standard InChI is InChI=1S/C48H66O2S/c1-38(2)20-15-21-39(3)22-16-23-40(4)25-18-28-43(7)36-47(51-46-32-13-10-14-33-46)37-44(8)29-19-26-41(5)24-17-27-42(6)34-35-50-48(49)45-30-11-9-12-31-45/h9-14,20,22,24-25,29-34,36,47H,15-19,21,23,26-28,35,37H2,1-8H3/b39-22+,40-25+,41-24+,42-34+,43-36+,44-29+. The summed E-state index contributed by atoms with van der Waals surface area (Å²) in [6, 6.07) is 20.0. The molecule has 0 spiro atoms. The number of hydrogen-bond donors (Lipinski definition) is 0. The first kappa shape index (κ1) is 43.6. The SMILES string of the molecule is CC(C)=CCC/C(C)=C/CC/C(C)=C/CC/C(C)=C/C(C/C(C)=C/CC/C(C)=C/CC/C(C)=C/COC(=O)c1ccccc1)Sc1ccccc1. The number of allylic oxidation sites excluding steroid dienone is 12. The molecule has 2 nitrogen and oxygen atoms in total. The molecule has 0 bridgehead atoms. The maximum Gasteiger partial charge on any atom is 0.338 e. The van der Waals surface area contributed by atoms with Crippen LogP contribution in [0, 0.1) is 0 Å². The first-order valence-corrected chi connectivity index (χ1v) is 19.9. The molecule has 0 radical (unpaired) electrons. The van der Waals surface area contributed by atoms with Crippen LogP contribution in [0.2, 0.25) is 0 Å². The molecule has 2 rings (SSSR count). The van der Waals surface area contributed by atoms with Gasteiger partial charge in [0.1, 0.15) is 6.61 Å². The molecule has 0 amide bonds. The minimum Gasteiger partial charge on any atom is -0.458 e. The third-order valence-electron chi connectivity index (χ3n) is 8.90. The third-order valence-corrected chi connectivity index (χ3v) is 10.0. The van der Waals surface area contributed by atoms with Crippen molar-refractivity contribution in [3.05, 3.63) is 148 Å². The topological polar surface area (TPSA) is 26.3 Å². The van der Waals surface area contributed by atoms with Gasteiger partial charge in [0.15, 0.2) is 0 Å². The zero-order valence-corrected chi connectivity index (χ0v) is 33.9. The Morgan fingerprint density at radius 1 is 0.549 bits per heavy atom. The molecule has 0 heterocycles. The van der Waals surface area contributed by atoms with Gasteiger partial charge >= 0.3 is 5.97 Å². The summed E-state index contributed by atoms with van der Waals surface area (Å²) >= 11 is 1.98. The van der Waals surface area contributed by atoms with Crippen molar-refractivity contribution >= 4 is 17.7 Å². The summed E-state index contributed by atoms with van der Waals surface area (Å²) in [5.74, 6) is -0.274. The Bertz CT molecular complexity index is 1510. The van der Waals surface area contributed by atoms with Crippen molar-refractivity contribution in [2.24, 2.45) is 0 Å². The van der Waals surface area contributed by atoms with Crippen molar-refractivity contribution in [1.82, 2.24) is 0 Å². The predicted molar refractivity (Wildman–Crippen MR) is 226 cm³/mol. The van der Waals surface area contributed by atoms with Crippen molar-refractivity contribution in [3.63, 3.8) is 0 Å². The Labute approximate surface area is 316 Å². The van der Waals surface area contributed by atoms with Crippen molar-refractivity contribution in [2.45, 2.75) is 136 Å². The summed E-state index contributed by atoms with van der Waals surface area (Å²) in [6.45, 7) is 18.2. The Morgan fingerprint density at radius 3 is 1.49 bits per heavy atom. The molecular weight excluding hydrogens is 641 g/mol. The van der Waals surface area contributed by atoms with E-state index in [0.717, 1.165) is 64.2 Å². The summed E-state index contributed by atoms with van der Waals surface area (Å²) in [7, 11) is 0. The van der Waals surface area contributed by atoms with Gasteiger partial charge in [0.25, 0.3) is 0 Å². The minimum atomic E-state index is -0.274. The Kier molecular flexibility index (Phi) is 22.4. The van der Waals surface area contributed by atoms with Crippen LogP contribution in [-0.2, 0) is 4.74 Å². The molecule has 0 saturated heterocycles. The fraction of sp³-hybridized carbons (Fsp3) is 0.438. The van der Waals surface area contributed by atoms with Gasteiger partial charge in [-0.15, -0.1) is 11.8 Å². The van der Waals surface area contributed by atoms with E-state index in [2.05, 4.69) is 122 Å². The van der Waals surface area contributed by atoms with E-state index in [1.807, 2.05) is 36.0 Å². The lowest BCUT2D eigenvalue weighted by Crippen LogP contribution is -2.04. The highest BCUT2D eigenvalue weighted by Gasteiger charge is 2.10. The number of hydrogen-bond acceptors (Lipinski definition) is 3. The Morgan fingerprint density at radius 2 is 0.980 bits per heavy atom. The van der Waals surface area contributed by atoms with Crippen molar-refractivity contribution < 1.29 is 9.53 Å². The van der Waals surface area contributed by atoms with Gasteiger partial charge in [-0.25, -0.2) is 4.79 Å². The van der Waals surface area contributed by atoms with Gasteiger partial charge in [-0.2, -0.15) is 0 Å². The molecule has 2 aromatic rings. The molecule has 1 atom stereocenters. The monoisotopic (exact) mass is 706 g/mol. The third kappa shape index (κ3) is 22.1. The van der Waals surface area contributed by atoms with E-state index in [4.69, 9.17) is 4.74 Å². The molecular formula is C48H66O2S. The smallest absolute Gasteiger partial charge is 0.338 e. The maximum atomic E-state index is 12.1. The van der Waals surface area contributed by atoms with E-state index in [0.29, 0.717) is 17.4 Å². The van der Waals surface area contributed by atoms with Crippen LogP contribution in [0.3, 0.4) is 0 Å². The van der Waals surface area contributed by atoms with Crippen LogP contribution in [0.4, 0.5) is 0 Å². The summed E-state index contributed by atoms with van der Waals surface area (Å²) in [6.07, 6.45) is 28.6. The molecule has 51 heavy (non-hydrogen) atoms. The number of esters is 1. The first-order chi connectivity index (χ1) is 24.5. The lowest BCUT2D eigenvalue weighted by Gasteiger charge is -2.15. The highest BCUT2D eigenvalue weighted by Crippen LogP contribution is 2.30. The number of carbonyl (C=O) groups is 1. The number of ether oxygens (including phenoxy) is 1. The fourth-order valence-corrected chi connectivity index (χ4v) is 7.02. The lowest BCUT2D eigenvalue weighted by atomic mass is 10.0. The molecule has 0 saturated carbocycles. The highest BCUT2D eigenvalue weighted by atomic mass is 32.2. The number of rotatable bonds is 23. The molecule has 276 valence electrons. The molecule has 0 aromatic heterocycles. The highest BCUT2D eigenvalue weighted by molar-refractivity contribution is 8.00. The molecule has 1 unspecified atom stereocenters. The molecule has 2 aromatic carbocycles. The second kappa shape index (κ2) is 26.2. The summed E-state index contributed by atoms with van der Waals surface area (Å²) < 4.78 is 5.39. The van der Waals surface area contributed by atoms with Gasteiger partial charge in [0.05, 0.1) is 5.56 Å². The van der Waals surface area contributed by atoms with Crippen LogP contribution in [0.15, 0.2) is 147 Å². The van der Waals surface area contributed by atoms with Crippen LogP contribution in [-0.4, -0.2) is 17.8 Å². The van der Waals surface area contributed by atoms with E-state index in [1.165, 1.54) is 50.3 Å². The van der Waals surface area contributed by atoms with Crippen LogP contribution in [0.1, 0.15) is 136 Å². The van der Waals surface area contributed by atoms with Crippen LogP contribution < -0.4 is 0 Å². The van der Waals surface area contributed by atoms with Gasteiger partial charge in [-0.05, 0) is 156 Å². The largest absolute Gasteiger partial charge is 0.458 e. The maximum absolute atomic E-state index is 12.1. The molecule has 3 heteroatoms. The summed E-state index contributed by atoms with van der Waals surface area (Å²) in [5, 5.41) is 0.423. The van der Waals surface area contributed by atoms with E-state index in [-0.39, 0.29) is 5.97 Å².